The number of aliphatic hydroxyl groups excluding tert-OH is 2. The molecule has 0 aromatic carbocycles. The Kier molecular flexibility index (Phi) is 3.82. The number of aliphatic carboxylic acids is 1. The molecule has 0 aromatic rings. The molecule has 2 bridgehead atoms. The molecule has 3 N–H and O–H groups in total. The second kappa shape index (κ2) is 5.44. The van der Waals surface area contributed by atoms with Gasteiger partial charge in [-0.05, 0) is 85.9 Å². The van der Waals surface area contributed by atoms with Gasteiger partial charge in [0.05, 0.1) is 12.0 Å². The van der Waals surface area contributed by atoms with E-state index in [1.165, 1.54) is 19.3 Å². The number of rotatable bonds is 3. The van der Waals surface area contributed by atoms with E-state index in [1.54, 1.807) is 0 Å². The van der Waals surface area contributed by atoms with E-state index >= 15 is 0 Å². The number of hydrogen-bond acceptors (Lipinski definition) is 3. The first-order valence-electron chi connectivity index (χ1n) is 9.87. The van der Waals surface area contributed by atoms with Gasteiger partial charge < -0.3 is 15.3 Å². The summed E-state index contributed by atoms with van der Waals surface area (Å²) < 4.78 is 0. The van der Waals surface area contributed by atoms with E-state index in [2.05, 4.69) is 6.92 Å². The summed E-state index contributed by atoms with van der Waals surface area (Å²) in [6.45, 7) is 2.43. The van der Waals surface area contributed by atoms with Crippen LogP contribution in [-0.2, 0) is 4.79 Å². The topological polar surface area (TPSA) is 77.8 Å². The highest BCUT2D eigenvalue weighted by Gasteiger charge is 2.66. The zero-order valence-electron chi connectivity index (χ0n) is 14.8. The summed E-state index contributed by atoms with van der Waals surface area (Å²) in [7, 11) is 0. The first-order chi connectivity index (χ1) is 11.4. The molecule has 1 spiro atoms. The fourth-order valence-corrected chi connectivity index (χ4v) is 8.12. The summed E-state index contributed by atoms with van der Waals surface area (Å²) in [4.78, 5) is 12.1. The zero-order valence-corrected chi connectivity index (χ0v) is 14.8. The molecule has 4 heteroatoms. The lowest BCUT2D eigenvalue weighted by Gasteiger charge is -2.63. The van der Waals surface area contributed by atoms with Crippen molar-refractivity contribution in [1.82, 2.24) is 0 Å². The van der Waals surface area contributed by atoms with Gasteiger partial charge in [0.15, 0.2) is 0 Å². The lowest BCUT2D eigenvalue weighted by Crippen LogP contribution is -2.60. The Morgan fingerprint density at radius 2 is 1.83 bits per heavy atom. The third kappa shape index (κ3) is 1.96. The fraction of sp³-hybridized carbons (Fsp3) is 0.950. The Labute approximate surface area is 144 Å². The highest BCUT2D eigenvalue weighted by molar-refractivity contribution is 5.75. The van der Waals surface area contributed by atoms with Crippen LogP contribution in [0.4, 0.5) is 0 Å². The number of carboxylic acid groups (broad SMARTS) is 1. The lowest BCUT2D eigenvalue weighted by atomic mass is 9.41. The highest BCUT2D eigenvalue weighted by Crippen LogP contribution is 2.72. The molecule has 7 atom stereocenters. The largest absolute Gasteiger partial charge is 0.481 e. The van der Waals surface area contributed by atoms with Gasteiger partial charge in [-0.1, -0.05) is 13.3 Å². The van der Waals surface area contributed by atoms with Crippen LogP contribution in [0.3, 0.4) is 0 Å². The van der Waals surface area contributed by atoms with Crippen molar-refractivity contribution in [3.63, 3.8) is 0 Å². The number of hydrogen-bond donors (Lipinski definition) is 3. The van der Waals surface area contributed by atoms with Crippen LogP contribution in [0.1, 0.15) is 64.7 Å². The standard InChI is InChI=1S/C20H32O4/c1-18-6-2-7-20(12-22,17(23)24)16(18)5-8-19-9-13(3-4-15(18)19)14(10-19)11-21/h13-16,21-22H,2-12H2,1H3,(H,23,24)/t13-,14+,15-,16-,18-,19-,20-/m0/s1. The summed E-state index contributed by atoms with van der Waals surface area (Å²) in [6.07, 6.45) is 9.44. The number of aliphatic hydroxyl groups is 2. The van der Waals surface area contributed by atoms with E-state index in [4.69, 9.17) is 0 Å². The monoisotopic (exact) mass is 336 g/mol. The molecule has 0 heterocycles. The molecule has 136 valence electrons. The molecule has 0 radical (unpaired) electrons. The molecular weight excluding hydrogens is 304 g/mol. The van der Waals surface area contributed by atoms with E-state index in [0.29, 0.717) is 36.2 Å². The minimum Gasteiger partial charge on any atom is -0.481 e. The first-order valence-corrected chi connectivity index (χ1v) is 9.87. The van der Waals surface area contributed by atoms with Gasteiger partial charge in [-0.25, -0.2) is 0 Å². The van der Waals surface area contributed by atoms with Crippen molar-refractivity contribution in [3.05, 3.63) is 0 Å². The van der Waals surface area contributed by atoms with Gasteiger partial charge in [0, 0.05) is 6.61 Å². The van der Waals surface area contributed by atoms with Gasteiger partial charge in [-0.15, -0.1) is 0 Å². The average Bonchev–Trinajstić information content (AvgIpc) is 2.83. The Morgan fingerprint density at radius 3 is 2.50 bits per heavy atom. The maximum absolute atomic E-state index is 12.1. The van der Waals surface area contributed by atoms with Crippen LogP contribution < -0.4 is 0 Å². The fourth-order valence-electron chi connectivity index (χ4n) is 8.12. The minimum atomic E-state index is -0.930. The van der Waals surface area contributed by atoms with E-state index < -0.39 is 11.4 Å². The van der Waals surface area contributed by atoms with Gasteiger partial charge >= 0.3 is 5.97 Å². The third-order valence-corrected chi connectivity index (χ3v) is 9.04. The van der Waals surface area contributed by atoms with Gasteiger partial charge in [0.25, 0.3) is 0 Å². The number of carbonyl (C=O) groups is 1. The van der Waals surface area contributed by atoms with Crippen molar-refractivity contribution < 1.29 is 20.1 Å². The summed E-state index contributed by atoms with van der Waals surface area (Å²) in [5.41, 5.74) is -0.564. The molecular formula is C20H32O4. The van der Waals surface area contributed by atoms with Crippen LogP contribution in [0, 0.1) is 39.9 Å². The van der Waals surface area contributed by atoms with Crippen LogP contribution in [0.15, 0.2) is 0 Å². The lowest BCUT2D eigenvalue weighted by molar-refractivity contribution is -0.191. The molecule has 0 aliphatic heterocycles. The third-order valence-electron chi connectivity index (χ3n) is 9.04. The predicted octanol–water partition coefficient (Wildman–Crippen LogP) is 3.06. The molecule has 4 nitrogen and oxygen atoms in total. The molecule has 0 unspecified atom stereocenters. The second-order valence-corrected chi connectivity index (χ2v) is 9.67. The molecule has 4 aliphatic carbocycles. The van der Waals surface area contributed by atoms with Crippen molar-refractivity contribution in [3.8, 4) is 0 Å². The molecule has 24 heavy (non-hydrogen) atoms. The first kappa shape index (κ1) is 16.8. The highest BCUT2D eigenvalue weighted by atomic mass is 16.4. The Hall–Kier alpha value is -0.610. The van der Waals surface area contributed by atoms with E-state index in [0.717, 1.165) is 32.1 Å². The molecule has 0 aromatic heterocycles. The molecule has 4 fully saturated rings. The smallest absolute Gasteiger partial charge is 0.312 e. The summed E-state index contributed by atoms with van der Waals surface area (Å²) in [5.74, 6) is 1.02. The molecule has 4 aliphatic rings. The van der Waals surface area contributed by atoms with Gasteiger partial charge in [-0.2, -0.15) is 0 Å². The zero-order chi connectivity index (χ0) is 17.2. The van der Waals surface area contributed by atoms with Crippen molar-refractivity contribution in [1.29, 1.82) is 0 Å². The maximum Gasteiger partial charge on any atom is 0.312 e. The number of fused-ring (bicyclic) bond motifs is 3. The van der Waals surface area contributed by atoms with Crippen LogP contribution in [0.2, 0.25) is 0 Å². The SMILES string of the molecule is C[C@@]12CCC[C@@](CO)(C(=O)O)[C@H]1CC[C@]13C[C@H](CO)[C@@H](CC[C@H]12)C3. The molecule has 4 saturated carbocycles. The van der Waals surface area contributed by atoms with Crippen molar-refractivity contribution in [2.75, 3.05) is 13.2 Å². The summed E-state index contributed by atoms with van der Waals surface area (Å²) >= 11 is 0. The van der Waals surface area contributed by atoms with Gasteiger partial charge in [-0.3, -0.25) is 4.79 Å². The van der Waals surface area contributed by atoms with Gasteiger partial charge in [0.2, 0.25) is 0 Å². The van der Waals surface area contributed by atoms with Crippen molar-refractivity contribution in [2.24, 2.45) is 39.9 Å². The summed E-state index contributed by atoms with van der Waals surface area (Å²) in [6, 6.07) is 0. The Balaban J connectivity index is 1.72. The maximum atomic E-state index is 12.1. The molecule has 0 amide bonds. The van der Waals surface area contributed by atoms with E-state index in [9.17, 15) is 20.1 Å². The van der Waals surface area contributed by atoms with Crippen LogP contribution in [-0.4, -0.2) is 34.5 Å². The normalized spacial score (nSPS) is 53.3. The van der Waals surface area contributed by atoms with E-state index in [-0.39, 0.29) is 17.9 Å². The molecule has 4 rings (SSSR count). The van der Waals surface area contributed by atoms with Crippen LogP contribution in [0.25, 0.3) is 0 Å². The predicted molar refractivity (Wildman–Crippen MR) is 90.3 cm³/mol. The van der Waals surface area contributed by atoms with Crippen molar-refractivity contribution >= 4 is 5.97 Å². The van der Waals surface area contributed by atoms with Crippen LogP contribution in [0.5, 0.6) is 0 Å². The number of carboxylic acids is 1. The van der Waals surface area contributed by atoms with Crippen molar-refractivity contribution in [2.45, 2.75) is 64.7 Å². The summed E-state index contributed by atoms with van der Waals surface area (Å²) in [5, 5.41) is 29.8. The Bertz CT molecular complexity index is 534. The Morgan fingerprint density at radius 1 is 1.04 bits per heavy atom. The molecule has 0 saturated heterocycles. The van der Waals surface area contributed by atoms with Gasteiger partial charge in [0.1, 0.15) is 0 Å². The average molecular weight is 336 g/mol. The quantitative estimate of drug-likeness (QED) is 0.740. The van der Waals surface area contributed by atoms with Crippen LogP contribution >= 0.6 is 0 Å². The second-order valence-electron chi connectivity index (χ2n) is 9.67. The minimum absolute atomic E-state index is 0.0347. The van der Waals surface area contributed by atoms with E-state index in [1.807, 2.05) is 0 Å².